The van der Waals surface area contributed by atoms with Crippen molar-refractivity contribution in [2.45, 2.75) is 33.7 Å². The first-order valence-corrected chi connectivity index (χ1v) is 6.72. The molecule has 0 bridgehead atoms. The van der Waals surface area contributed by atoms with Crippen LogP contribution in [0.15, 0.2) is 41.9 Å². The summed E-state index contributed by atoms with van der Waals surface area (Å²) in [5.41, 5.74) is 1.29. The molecule has 0 fully saturated rings. The van der Waals surface area contributed by atoms with Gasteiger partial charge in [0.05, 0.1) is 6.04 Å². The van der Waals surface area contributed by atoms with E-state index in [-0.39, 0.29) is 11.5 Å². The highest BCUT2D eigenvalue weighted by Gasteiger charge is 2.22. The highest BCUT2D eigenvalue weighted by molar-refractivity contribution is 6.29. The summed E-state index contributed by atoms with van der Waals surface area (Å²) in [4.78, 5) is 3.95. The normalized spacial score (nSPS) is 19.3. The third-order valence-corrected chi connectivity index (χ3v) is 3.22. The van der Waals surface area contributed by atoms with E-state index in [4.69, 9.17) is 16.3 Å². The molecule has 3 nitrogen and oxygen atoms in total. The van der Waals surface area contributed by atoms with Crippen LogP contribution in [0.1, 0.15) is 27.7 Å². The van der Waals surface area contributed by atoms with Gasteiger partial charge in [0.1, 0.15) is 16.7 Å². The summed E-state index contributed by atoms with van der Waals surface area (Å²) in [5.74, 6) is 1.59. The molecule has 0 saturated carbocycles. The number of halogens is 1. The second-order valence-corrected chi connectivity index (χ2v) is 6.09. The average Bonchev–Trinajstić information content (AvgIpc) is 2.30. The van der Waals surface area contributed by atoms with Crippen LogP contribution in [0.5, 0.6) is 5.75 Å². The van der Waals surface area contributed by atoms with Crippen molar-refractivity contribution in [1.29, 1.82) is 0 Å². The summed E-state index contributed by atoms with van der Waals surface area (Å²) in [6, 6.07) is 3.65. The third-order valence-electron chi connectivity index (χ3n) is 3.01. The molecule has 0 radical (unpaired) electrons. The van der Waals surface area contributed by atoms with Crippen molar-refractivity contribution in [3.05, 3.63) is 47.1 Å². The number of hydrogen-bond acceptors (Lipinski definition) is 3. The van der Waals surface area contributed by atoms with E-state index in [0.29, 0.717) is 10.9 Å². The lowest BCUT2D eigenvalue weighted by Crippen LogP contribution is -2.31. The van der Waals surface area contributed by atoms with Gasteiger partial charge in [-0.1, -0.05) is 32.4 Å². The molecular weight excluding hydrogens is 260 g/mol. The highest BCUT2D eigenvalue weighted by Crippen LogP contribution is 2.30. The van der Waals surface area contributed by atoms with Crippen LogP contribution in [0, 0.1) is 5.41 Å². The fourth-order valence-electron chi connectivity index (χ4n) is 1.75. The Hall–Kier alpha value is -1.48. The summed E-state index contributed by atoms with van der Waals surface area (Å²) in [6.45, 7) is 8.58. The maximum atomic E-state index is 5.91. The van der Waals surface area contributed by atoms with E-state index < -0.39 is 0 Å². The monoisotopic (exact) mass is 278 g/mol. The number of hydrogen-bond donors (Lipinski definition) is 1. The zero-order valence-electron chi connectivity index (χ0n) is 11.7. The van der Waals surface area contributed by atoms with Crippen LogP contribution in [0.25, 0.3) is 0 Å². The van der Waals surface area contributed by atoms with Crippen molar-refractivity contribution < 1.29 is 4.74 Å². The van der Waals surface area contributed by atoms with Crippen LogP contribution < -0.4 is 10.1 Å². The van der Waals surface area contributed by atoms with Gasteiger partial charge in [-0.05, 0) is 30.1 Å². The van der Waals surface area contributed by atoms with E-state index in [2.05, 4.69) is 50.3 Å². The van der Waals surface area contributed by atoms with Crippen molar-refractivity contribution in [2.24, 2.45) is 5.41 Å². The third kappa shape index (κ3) is 3.51. The van der Waals surface area contributed by atoms with Crippen molar-refractivity contribution in [3.8, 4) is 5.75 Å². The molecule has 0 aromatic carbocycles. The summed E-state index contributed by atoms with van der Waals surface area (Å²) in [6.07, 6.45) is 5.78. The van der Waals surface area contributed by atoms with E-state index in [1.54, 1.807) is 18.3 Å². The minimum Gasteiger partial charge on any atom is -0.459 e. The number of rotatable bonds is 2. The maximum absolute atomic E-state index is 5.91. The van der Waals surface area contributed by atoms with Gasteiger partial charge in [0.15, 0.2) is 0 Å². The Kier molecular flexibility index (Phi) is 3.85. The summed E-state index contributed by atoms with van der Waals surface area (Å²) in [7, 11) is 0. The fourth-order valence-corrected chi connectivity index (χ4v) is 1.92. The van der Waals surface area contributed by atoms with E-state index in [1.165, 1.54) is 5.57 Å². The Morgan fingerprint density at radius 1 is 1.37 bits per heavy atom. The standard InChI is InChI=1S/C15H19ClN2O/c1-10-13(7-11(9-18-10)15(2,3)4)19-12-5-6-17-14(16)8-12/h5-10,18H,1-4H3. The maximum Gasteiger partial charge on any atom is 0.132 e. The first-order valence-electron chi connectivity index (χ1n) is 6.34. The smallest absolute Gasteiger partial charge is 0.132 e. The van der Waals surface area contributed by atoms with Crippen LogP contribution >= 0.6 is 11.6 Å². The molecule has 2 rings (SSSR count). The number of ether oxygens (including phenoxy) is 1. The molecule has 0 saturated heterocycles. The number of nitrogens with zero attached hydrogens (tertiary/aromatic N) is 1. The lowest BCUT2D eigenvalue weighted by Gasteiger charge is -2.28. The predicted octanol–water partition coefficient (Wildman–Crippen LogP) is 3.92. The SMILES string of the molecule is CC1NC=C(C(C)(C)C)C=C1Oc1ccnc(Cl)c1. The fraction of sp³-hybridized carbons (Fsp3) is 0.400. The average molecular weight is 279 g/mol. The Balaban J connectivity index is 2.23. The van der Waals surface area contributed by atoms with E-state index in [1.807, 2.05) is 0 Å². The van der Waals surface area contributed by atoms with Crippen LogP contribution in [-0.2, 0) is 0 Å². The van der Waals surface area contributed by atoms with Gasteiger partial charge >= 0.3 is 0 Å². The summed E-state index contributed by atoms with van der Waals surface area (Å²) >= 11 is 5.86. The van der Waals surface area contributed by atoms with E-state index in [0.717, 1.165) is 5.76 Å². The van der Waals surface area contributed by atoms with E-state index in [9.17, 15) is 0 Å². The van der Waals surface area contributed by atoms with Gasteiger partial charge in [-0.2, -0.15) is 0 Å². The van der Waals surface area contributed by atoms with Crippen molar-refractivity contribution in [2.75, 3.05) is 0 Å². The highest BCUT2D eigenvalue weighted by atomic mass is 35.5. The quantitative estimate of drug-likeness (QED) is 0.833. The molecule has 1 aromatic rings. The Bertz CT molecular complexity index is 529. The Labute approximate surface area is 119 Å². The molecule has 2 heterocycles. The number of nitrogens with one attached hydrogen (secondary N) is 1. The Morgan fingerprint density at radius 2 is 2.11 bits per heavy atom. The number of aromatic nitrogens is 1. The minimum absolute atomic E-state index is 0.0810. The number of dihydropyridines is 1. The second kappa shape index (κ2) is 5.25. The molecule has 4 heteroatoms. The molecule has 0 spiro atoms. The van der Waals surface area contributed by atoms with Gasteiger partial charge in [-0.3, -0.25) is 0 Å². The van der Waals surface area contributed by atoms with Crippen molar-refractivity contribution >= 4 is 11.6 Å². The molecular formula is C15H19ClN2O. The zero-order chi connectivity index (χ0) is 14.0. The molecule has 1 N–H and O–H groups in total. The Morgan fingerprint density at radius 3 is 2.74 bits per heavy atom. The van der Waals surface area contributed by atoms with Gasteiger partial charge in [0, 0.05) is 18.5 Å². The molecule has 19 heavy (non-hydrogen) atoms. The first-order chi connectivity index (χ1) is 8.86. The van der Waals surface area contributed by atoms with Gasteiger partial charge < -0.3 is 10.1 Å². The lowest BCUT2D eigenvalue weighted by molar-refractivity contribution is 0.365. The van der Waals surface area contributed by atoms with Crippen molar-refractivity contribution in [1.82, 2.24) is 10.3 Å². The van der Waals surface area contributed by atoms with Gasteiger partial charge in [0.2, 0.25) is 0 Å². The van der Waals surface area contributed by atoms with Crippen molar-refractivity contribution in [3.63, 3.8) is 0 Å². The zero-order valence-corrected chi connectivity index (χ0v) is 12.5. The van der Waals surface area contributed by atoms with Gasteiger partial charge in [0.25, 0.3) is 0 Å². The lowest BCUT2D eigenvalue weighted by atomic mass is 9.85. The molecule has 1 atom stereocenters. The largest absolute Gasteiger partial charge is 0.459 e. The predicted molar refractivity (Wildman–Crippen MR) is 78.1 cm³/mol. The minimum atomic E-state index is 0.0810. The van der Waals surface area contributed by atoms with Crippen LogP contribution in [-0.4, -0.2) is 11.0 Å². The van der Waals surface area contributed by atoms with Crippen LogP contribution in [0.3, 0.4) is 0 Å². The molecule has 1 unspecified atom stereocenters. The number of pyridine rings is 1. The van der Waals surface area contributed by atoms with Gasteiger partial charge in [-0.25, -0.2) is 4.98 Å². The summed E-state index contributed by atoms with van der Waals surface area (Å²) < 4.78 is 5.91. The molecule has 1 aliphatic heterocycles. The van der Waals surface area contributed by atoms with E-state index >= 15 is 0 Å². The molecule has 102 valence electrons. The van der Waals surface area contributed by atoms with Gasteiger partial charge in [-0.15, -0.1) is 0 Å². The molecule has 0 amide bonds. The first kappa shape index (κ1) is 13.9. The molecule has 0 aliphatic carbocycles. The van der Waals surface area contributed by atoms with Crippen LogP contribution in [0.2, 0.25) is 5.15 Å². The van der Waals surface area contributed by atoms with Crippen LogP contribution in [0.4, 0.5) is 0 Å². The number of allylic oxidation sites excluding steroid dienone is 2. The second-order valence-electron chi connectivity index (χ2n) is 5.70. The molecule has 1 aromatic heterocycles. The topological polar surface area (TPSA) is 34.1 Å². The molecule has 1 aliphatic rings. The summed E-state index contributed by atoms with van der Waals surface area (Å²) in [5, 5.41) is 3.75.